The van der Waals surface area contributed by atoms with E-state index >= 15 is 0 Å². The van der Waals surface area contributed by atoms with Crippen LogP contribution >= 0.6 is 11.5 Å². The topological polar surface area (TPSA) is 63.1 Å². The summed E-state index contributed by atoms with van der Waals surface area (Å²) in [5, 5.41) is 4.66. The van der Waals surface area contributed by atoms with E-state index in [-0.39, 0.29) is 12.1 Å². The maximum Gasteiger partial charge on any atom is 0.271 e. The molecular formula is C19H19F2N5OS. The van der Waals surface area contributed by atoms with E-state index in [0.29, 0.717) is 5.69 Å². The average Bonchev–Trinajstić information content (AvgIpc) is 3.31. The van der Waals surface area contributed by atoms with Gasteiger partial charge in [-0.1, -0.05) is 12.1 Å². The second-order valence-corrected chi connectivity index (χ2v) is 7.35. The van der Waals surface area contributed by atoms with Gasteiger partial charge in [0, 0.05) is 62.5 Å². The van der Waals surface area contributed by atoms with E-state index in [4.69, 9.17) is 0 Å². The van der Waals surface area contributed by atoms with Crippen molar-refractivity contribution in [2.24, 2.45) is 0 Å². The molecule has 4 rings (SSSR count). The molecule has 0 saturated heterocycles. The Kier molecular flexibility index (Phi) is 5.45. The number of hydrogen-bond acceptors (Lipinski definition) is 5. The lowest BCUT2D eigenvalue weighted by Gasteiger charge is -2.18. The standard InChI is InChI=1S/C19H19F2N5OS/c20-15-3-1-2-14(18(15)21)9-22-19(27)16-11-26-7-6-25(5-4-17(26)24-16)10-13-8-23-28-12-13/h1-3,8,11-12H,4-7,9-10H2,(H,22,27). The van der Waals surface area contributed by atoms with Gasteiger partial charge in [-0.2, -0.15) is 0 Å². The van der Waals surface area contributed by atoms with Crippen molar-refractivity contribution in [3.63, 3.8) is 0 Å². The monoisotopic (exact) mass is 403 g/mol. The van der Waals surface area contributed by atoms with E-state index in [9.17, 15) is 13.6 Å². The fourth-order valence-corrected chi connectivity index (χ4v) is 3.78. The van der Waals surface area contributed by atoms with E-state index in [1.165, 1.54) is 29.2 Å². The summed E-state index contributed by atoms with van der Waals surface area (Å²) in [5.74, 6) is -1.41. The molecule has 3 aromatic rings. The van der Waals surface area contributed by atoms with Crippen LogP contribution in [0.3, 0.4) is 0 Å². The summed E-state index contributed by atoms with van der Waals surface area (Å²) in [6, 6.07) is 3.90. The Bertz CT molecular complexity index is 947. The number of fused-ring (bicyclic) bond motifs is 1. The quantitative estimate of drug-likeness (QED) is 0.711. The number of carbonyl (C=O) groups is 1. The fraction of sp³-hybridized carbons (Fsp3) is 0.316. The Balaban J connectivity index is 1.36. The fourth-order valence-electron chi connectivity index (χ4n) is 3.25. The van der Waals surface area contributed by atoms with Crippen LogP contribution in [-0.2, 0) is 26.1 Å². The predicted octanol–water partition coefficient (Wildman–Crippen LogP) is 2.61. The van der Waals surface area contributed by atoms with Crippen LogP contribution in [0, 0.1) is 11.6 Å². The lowest BCUT2D eigenvalue weighted by atomic mass is 10.2. The van der Waals surface area contributed by atoms with Gasteiger partial charge in [0.25, 0.3) is 5.91 Å². The van der Waals surface area contributed by atoms with Crippen LogP contribution in [0.2, 0.25) is 0 Å². The van der Waals surface area contributed by atoms with Crippen LogP contribution in [0.15, 0.2) is 36.0 Å². The minimum absolute atomic E-state index is 0.0902. The third-order valence-electron chi connectivity index (χ3n) is 4.76. The first kappa shape index (κ1) is 18.7. The molecule has 1 amide bonds. The molecule has 1 N–H and O–H groups in total. The highest BCUT2D eigenvalue weighted by Crippen LogP contribution is 2.14. The summed E-state index contributed by atoms with van der Waals surface area (Å²) >= 11 is 1.45. The second-order valence-electron chi connectivity index (χ2n) is 6.69. The number of benzene rings is 1. The molecule has 0 unspecified atom stereocenters. The largest absolute Gasteiger partial charge is 0.346 e. The van der Waals surface area contributed by atoms with Crippen molar-refractivity contribution in [1.82, 2.24) is 24.1 Å². The molecule has 0 fully saturated rings. The van der Waals surface area contributed by atoms with Crippen LogP contribution in [0.5, 0.6) is 0 Å². The first-order valence-electron chi connectivity index (χ1n) is 8.98. The highest BCUT2D eigenvalue weighted by atomic mass is 32.1. The molecule has 28 heavy (non-hydrogen) atoms. The number of imidazole rings is 1. The molecule has 2 aromatic heterocycles. The number of nitrogens with one attached hydrogen (secondary N) is 1. The molecule has 6 nitrogen and oxygen atoms in total. The summed E-state index contributed by atoms with van der Waals surface area (Å²) in [6.45, 7) is 3.21. The Morgan fingerprint density at radius 2 is 2.14 bits per heavy atom. The van der Waals surface area contributed by atoms with Crippen LogP contribution in [-0.4, -0.2) is 37.8 Å². The van der Waals surface area contributed by atoms with Crippen molar-refractivity contribution in [2.75, 3.05) is 13.1 Å². The van der Waals surface area contributed by atoms with Gasteiger partial charge in [-0.15, -0.1) is 0 Å². The lowest BCUT2D eigenvalue weighted by molar-refractivity contribution is 0.0945. The van der Waals surface area contributed by atoms with Crippen LogP contribution in [0.1, 0.15) is 27.4 Å². The van der Waals surface area contributed by atoms with E-state index in [2.05, 4.69) is 19.6 Å². The number of halogens is 2. The predicted molar refractivity (Wildman–Crippen MR) is 101 cm³/mol. The maximum absolute atomic E-state index is 13.7. The SMILES string of the molecule is O=C(NCc1cccc(F)c1F)c1cn2c(n1)CCN(Cc1cnsc1)CC2. The molecule has 1 aromatic carbocycles. The van der Waals surface area contributed by atoms with E-state index in [0.717, 1.165) is 44.5 Å². The molecule has 0 spiro atoms. The normalized spacial score (nSPS) is 14.5. The van der Waals surface area contributed by atoms with E-state index in [1.807, 2.05) is 16.1 Å². The van der Waals surface area contributed by atoms with Gasteiger partial charge in [0.1, 0.15) is 11.5 Å². The van der Waals surface area contributed by atoms with Crippen molar-refractivity contribution >= 4 is 17.4 Å². The van der Waals surface area contributed by atoms with Gasteiger partial charge >= 0.3 is 0 Å². The Labute approximate surface area is 165 Å². The molecule has 0 saturated carbocycles. The molecule has 146 valence electrons. The number of carbonyl (C=O) groups excluding carboxylic acids is 1. The minimum Gasteiger partial charge on any atom is -0.346 e. The van der Waals surface area contributed by atoms with Gasteiger partial charge in [0.2, 0.25) is 0 Å². The zero-order valence-corrected chi connectivity index (χ0v) is 15.9. The maximum atomic E-state index is 13.7. The first-order valence-corrected chi connectivity index (χ1v) is 9.81. The highest BCUT2D eigenvalue weighted by Gasteiger charge is 2.19. The Hall–Kier alpha value is -2.65. The minimum atomic E-state index is -0.940. The van der Waals surface area contributed by atoms with Crippen LogP contribution in [0.4, 0.5) is 8.78 Å². The molecule has 1 aliphatic heterocycles. The number of rotatable bonds is 5. The van der Waals surface area contributed by atoms with Gasteiger partial charge in [-0.05, 0) is 23.2 Å². The first-order chi connectivity index (χ1) is 13.6. The zero-order chi connectivity index (χ0) is 19.5. The molecule has 0 bridgehead atoms. The molecule has 0 radical (unpaired) electrons. The molecule has 3 heterocycles. The third kappa shape index (κ3) is 4.10. The van der Waals surface area contributed by atoms with Crippen LogP contribution < -0.4 is 5.32 Å². The zero-order valence-electron chi connectivity index (χ0n) is 15.1. The van der Waals surface area contributed by atoms with E-state index < -0.39 is 17.5 Å². The van der Waals surface area contributed by atoms with Crippen LogP contribution in [0.25, 0.3) is 0 Å². The summed E-state index contributed by atoms with van der Waals surface area (Å²) in [6.07, 6.45) is 4.35. The summed E-state index contributed by atoms with van der Waals surface area (Å²) < 4.78 is 33.1. The summed E-state index contributed by atoms with van der Waals surface area (Å²) in [4.78, 5) is 19.2. The average molecular weight is 403 g/mol. The van der Waals surface area contributed by atoms with Gasteiger partial charge in [-0.3, -0.25) is 9.69 Å². The third-order valence-corrected chi connectivity index (χ3v) is 5.40. The van der Waals surface area contributed by atoms with Gasteiger partial charge < -0.3 is 9.88 Å². The molecule has 0 aliphatic carbocycles. The smallest absolute Gasteiger partial charge is 0.271 e. The number of amides is 1. The van der Waals surface area contributed by atoms with Gasteiger partial charge in [0.15, 0.2) is 11.6 Å². The number of nitrogens with zero attached hydrogens (tertiary/aromatic N) is 4. The molecule has 9 heteroatoms. The van der Waals surface area contributed by atoms with Crippen molar-refractivity contribution < 1.29 is 13.6 Å². The van der Waals surface area contributed by atoms with Crippen molar-refractivity contribution in [2.45, 2.75) is 26.1 Å². The van der Waals surface area contributed by atoms with E-state index in [1.54, 1.807) is 6.20 Å². The summed E-state index contributed by atoms with van der Waals surface area (Å²) in [7, 11) is 0. The van der Waals surface area contributed by atoms with Crippen molar-refractivity contribution in [3.8, 4) is 0 Å². The second kappa shape index (κ2) is 8.15. The lowest BCUT2D eigenvalue weighted by Crippen LogP contribution is -2.26. The highest BCUT2D eigenvalue weighted by molar-refractivity contribution is 7.03. The number of hydrogen-bond donors (Lipinski definition) is 1. The Morgan fingerprint density at radius 3 is 2.96 bits per heavy atom. The number of aromatic nitrogens is 3. The van der Waals surface area contributed by atoms with Crippen molar-refractivity contribution in [3.05, 3.63) is 70.3 Å². The van der Waals surface area contributed by atoms with Gasteiger partial charge in [0.05, 0.1) is 0 Å². The van der Waals surface area contributed by atoms with Gasteiger partial charge in [-0.25, -0.2) is 18.1 Å². The summed E-state index contributed by atoms with van der Waals surface area (Å²) in [5.41, 5.74) is 1.60. The van der Waals surface area contributed by atoms with Crippen molar-refractivity contribution in [1.29, 1.82) is 0 Å². The molecular weight excluding hydrogens is 384 g/mol. The molecule has 0 atom stereocenters. The Morgan fingerprint density at radius 1 is 1.25 bits per heavy atom. The molecule has 1 aliphatic rings.